The molecule has 3 nitrogen and oxygen atoms in total. The fraction of sp³-hybridized carbons (Fsp3) is 1.00. The molecule has 0 saturated carbocycles. The van der Waals surface area contributed by atoms with Crippen molar-refractivity contribution in [2.45, 2.75) is 24.9 Å². The van der Waals surface area contributed by atoms with Crippen molar-refractivity contribution in [3.63, 3.8) is 0 Å². The van der Waals surface area contributed by atoms with Crippen LogP contribution in [0.5, 0.6) is 0 Å². The molecule has 0 amide bonds. The summed E-state index contributed by atoms with van der Waals surface area (Å²) in [5, 5.41) is 0. The predicted octanol–water partition coefficient (Wildman–Crippen LogP) is 0.446. The lowest BCUT2D eigenvalue weighted by molar-refractivity contribution is -0.109. The van der Waals surface area contributed by atoms with Crippen LogP contribution in [0, 0.1) is 5.92 Å². The number of piperidine rings is 2. The van der Waals surface area contributed by atoms with Crippen molar-refractivity contribution in [3.8, 4) is 0 Å². The van der Waals surface area contributed by atoms with Crippen molar-refractivity contribution < 1.29 is 4.74 Å². The molecular formula is C10H20N2O. The lowest BCUT2D eigenvalue weighted by atomic mass is 9.76. The Labute approximate surface area is 80.2 Å². The van der Waals surface area contributed by atoms with E-state index in [1.54, 1.807) is 0 Å². The number of ether oxygens (including phenoxy) is 1. The van der Waals surface area contributed by atoms with Crippen molar-refractivity contribution in [1.29, 1.82) is 0 Å². The zero-order chi connectivity index (χ0) is 9.31. The van der Waals surface area contributed by atoms with Crippen LogP contribution in [0.25, 0.3) is 0 Å². The van der Waals surface area contributed by atoms with Crippen molar-refractivity contribution >= 4 is 0 Å². The Bertz CT molecular complexity index is 180. The van der Waals surface area contributed by atoms with Crippen LogP contribution in [0.15, 0.2) is 0 Å². The molecule has 2 rings (SSSR count). The zero-order valence-corrected chi connectivity index (χ0v) is 8.46. The van der Waals surface area contributed by atoms with Crippen LogP contribution in [0.1, 0.15) is 19.3 Å². The average molecular weight is 184 g/mol. The standard InChI is InChI=1S/C10H20N2O/c1-13-10(8-11)4-6-12-5-2-3-9(10)7-12/h9H,2-8,11H2,1H3. The average Bonchev–Trinajstić information content (AvgIpc) is 2.20. The highest BCUT2D eigenvalue weighted by Crippen LogP contribution is 2.36. The number of nitrogens with zero attached hydrogens (tertiary/aromatic N) is 1. The highest BCUT2D eigenvalue weighted by molar-refractivity contribution is 4.97. The highest BCUT2D eigenvalue weighted by Gasteiger charge is 2.43. The number of rotatable bonds is 2. The molecule has 0 aliphatic carbocycles. The van der Waals surface area contributed by atoms with Crippen LogP contribution in [0.2, 0.25) is 0 Å². The van der Waals surface area contributed by atoms with E-state index in [1.165, 1.54) is 32.5 Å². The van der Waals surface area contributed by atoms with E-state index in [0.29, 0.717) is 12.5 Å². The van der Waals surface area contributed by atoms with Gasteiger partial charge in [0, 0.05) is 32.7 Å². The predicted molar refractivity (Wildman–Crippen MR) is 52.6 cm³/mol. The van der Waals surface area contributed by atoms with Gasteiger partial charge in [0.2, 0.25) is 0 Å². The topological polar surface area (TPSA) is 38.5 Å². The van der Waals surface area contributed by atoms with E-state index in [2.05, 4.69) is 4.90 Å². The number of hydrogen-bond donors (Lipinski definition) is 1. The van der Waals surface area contributed by atoms with Gasteiger partial charge in [0.25, 0.3) is 0 Å². The fourth-order valence-corrected chi connectivity index (χ4v) is 2.86. The molecule has 0 aromatic carbocycles. The summed E-state index contributed by atoms with van der Waals surface area (Å²) in [6.45, 7) is 4.33. The fourth-order valence-electron chi connectivity index (χ4n) is 2.86. The maximum atomic E-state index is 5.84. The van der Waals surface area contributed by atoms with Gasteiger partial charge in [0.15, 0.2) is 0 Å². The summed E-state index contributed by atoms with van der Waals surface area (Å²) in [5.74, 6) is 0.671. The largest absolute Gasteiger partial charge is 0.377 e. The van der Waals surface area contributed by atoms with Crippen molar-refractivity contribution in [2.75, 3.05) is 33.3 Å². The van der Waals surface area contributed by atoms with Gasteiger partial charge in [0.1, 0.15) is 0 Å². The second-order valence-electron chi connectivity index (χ2n) is 4.36. The van der Waals surface area contributed by atoms with Gasteiger partial charge >= 0.3 is 0 Å². The Morgan fingerprint density at radius 2 is 2.38 bits per heavy atom. The first-order valence-electron chi connectivity index (χ1n) is 5.28. The lowest BCUT2D eigenvalue weighted by Gasteiger charge is -2.49. The van der Waals surface area contributed by atoms with Gasteiger partial charge in [-0.05, 0) is 25.8 Å². The minimum Gasteiger partial charge on any atom is -0.377 e. The first-order chi connectivity index (χ1) is 6.30. The number of fused-ring (bicyclic) bond motifs is 2. The summed E-state index contributed by atoms with van der Waals surface area (Å²) in [5.41, 5.74) is 5.84. The normalized spacial score (nSPS) is 44.8. The number of nitrogens with two attached hydrogens (primary N) is 1. The van der Waals surface area contributed by atoms with Gasteiger partial charge in [-0.1, -0.05) is 0 Å². The van der Waals surface area contributed by atoms with Gasteiger partial charge in [0.05, 0.1) is 5.60 Å². The molecule has 3 heteroatoms. The van der Waals surface area contributed by atoms with Crippen LogP contribution >= 0.6 is 0 Å². The quantitative estimate of drug-likeness (QED) is 0.677. The Hall–Kier alpha value is -0.120. The molecule has 2 fully saturated rings. The van der Waals surface area contributed by atoms with E-state index in [1.807, 2.05) is 7.11 Å². The first kappa shape index (κ1) is 9.44. The SMILES string of the molecule is COC1(CN)CCN2CCCC1C2. The molecule has 0 spiro atoms. The summed E-state index contributed by atoms with van der Waals surface area (Å²) in [7, 11) is 1.82. The minimum atomic E-state index is -0.00306. The molecule has 2 N–H and O–H groups in total. The maximum absolute atomic E-state index is 5.84. The van der Waals surface area contributed by atoms with Crippen molar-refractivity contribution in [1.82, 2.24) is 4.90 Å². The molecule has 76 valence electrons. The van der Waals surface area contributed by atoms with Crippen LogP contribution in [0.3, 0.4) is 0 Å². The van der Waals surface area contributed by atoms with E-state index >= 15 is 0 Å². The third kappa shape index (κ3) is 1.49. The smallest absolute Gasteiger partial charge is 0.0852 e. The van der Waals surface area contributed by atoms with Crippen LogP contribution in [-0.2, 0) is 4.74 Å². The summed E-state index contributed by atoms with van der Waals surface area (Å²) in [6.07, 6.45) is 3.72. The molecule has 2 saturated heterocycles. The van der Waals surface area contributed by atoms with Gasteiger partial charge in [-0.25, -0.2) is 0 Å². The number of hydrogen-bond acceptors (Lipinski definition) is 3. The van der Waals surface area contributed by atoms with Gasteiger partial charge in [-0.2, -0.15) is 0 Å². The molecule has 2 aliphatic rings. The molecule has 2 bridgehead atoms. The molecule has 0 aromatic rings. The summed E-state index contributed by atoms with van der Waals surface area (Å²) in [4.78, 5) is 2.54. The molecule has 3 atom stereocenters. The Kier molecular flexibility index (Phi) is 2.58. The molecular weight excluding hydrogens is 164 g/mol. The molecule has 13 heavy (non-hydrogen) atoms. The maximum Gasteiger partial charge on any atom is 0.0852 e. The van der Waals surface area contributed by atoms with Gasteiger partial charge < -0.3 is 15.4 Å². The Balaban J connectivity index is 2.11. The monoisotopic (exact) mass is 184 g/mol. The second kappa shape index (κ2) is 3.56. The first-order valence-corrected chi connectivity index (χ1v) is 5.28. The van der Waals surface area contributed by atoms with E-state index in [-0.39, 0.29) is 5.60 Å². The highest BCUT2D eigenvalue weighted by atomic mass is 16.5. The zero-order valence-electron chi connectivity index (χ0n) is 8.46. The molecule has 2 heterocycles. The number of methoxy groups -OCH3 is 1. The van der Waals surface area contributed by atoms with E-state index in [9.17, 15) is 0 Å². The van der Waals surface area contributed by atoms with Crippen LogP contribution in [-0.4, -0.2) is 43.8 Å². The molecule has 2 aliphatic heterocycles. The van der Waals surface area contributed by atoms with Crippen molar-refractivity contribution in [2.24, 2.45) is 11.7 Å². The van der Waals surface area contributed by atoms with E-state index < -0.39 is 0 Å². The summed E-state index contributed by atoms with van der Waals surface area (Å²) >= 11 is 0. The van der Waals surface area contributed by atoms with E-state index in [0.717, 1.165) is 6.42 Å². The van der Waals surface area contributed by atoms with Crippen LogP contribution in [0.4, 0.5) is 0 Å². The van der Waals surface area contributed by atoms with Gasteiger partial charge in [-0.15, -0.1) is 0 Å². The second-order valence-corrected chi connectivity index (χ2v) is 4.36. The third-order valence-corrected chi connectivity index (χ3v) is 3.85. The molecule has 0 radical (unpaired) electrons. The Morgan fingerprint density at radius 1 is 1.54 bits per heavy atom. The van der Waals surface area contributed by atoms with Gasteiger partial charge in [-0.3, -0.25) is 0 Å². The van der Waals surface area contributed by atoms with Crippen molar-refractivity contribution in [3.05, 3.63) is 0 Å². The Morgan fingerprint density at radius 3 is 3.08 bits per heavy atom. The van der Waals surface area contributed by atoms with Crippen LogP contribution < -0.4 is 5.73 Å². The minimum absolute atomic E-state index is 0.00306. The molecule has 3 unspecified atom stereocenters. The lowest BCUT2D eigenvalue weighted by Crippen LogP contribution is -2.58. The summed E-state index contributed by atoms with van der Waals surface area (Å²) < 4.78 is 5.66. The van der Waals surface area contributed by atoms with E-state index in [4.69, 9.17) is 10.5 Å². The third-order valence-electron chi connectivity index (χ3n) is 3.85. The molecule has 0 aromatic heterocycles. The summed E-state index contributed by atoms with van der Waals surface area (Å²) in [6, 6.07) is 0.